The van der Waals surface area contributed by atoms with Crippen LogP contribution in [-0.2, 0) is 0 Å². The Morgan fingerprint density at radius 3 is 2.29 bits per heavy atom. The molecule has 0 aliphatic rings. The fraction of sp³-hybridized carbons (Fsp3) is 0.471. The number of nitrogens with one attached hydrogen (secondary N) is 1. The highest BCUT2D eigenvalue weighted by atomic mass is 79.9. The van der Waals surface area contributed by atoms with Gasteiger partial charge in [-0.15, -0.1) is 0 Å². The van der Waals surface area contributed by atoms with E-state index in [2.05, 4.69) is 89.9 Å². The maximum absolute atomic E-state index is 4.65. The minimum absolute atomic E-state index is 0.306. The van der Waals surface area contributed by atoms with Crippen LogP contribution in [0.1, 0.15) is 56.2 Å². The molecule has 0 radical (unpaired) electrons. The summed E-state index contributed by atoms with van der Waals surface area (Å²) in [7, 11) is 0. The van der Waals surface area contributed by atoms with Crippen molar-refractivity contribution < 1.29 is 0 Å². The molecule has 0 bridgehead atoms. The SMILES string of the molecule is CCC(Nc1c(C)nn(C(C)C)c1C)c1ccc(Br)cc1. The molecule has 0 saturated heterocycles. The lowest BCUT2D eigenvalue weighted by atomic mass is 10.0. The van der Waals surface area contributed by atoms with Gasteiger partial charge >= 0.3 is 0 Å². The smallest absolute Gasteiger partial charge is 0.0828 e. The van der Waals surface area contributed by atoms with Crippen LogP contribution in [0.25, 0.3) is 0 Å². The number of anilines is 1. The fourth-order valence-electron chi connectivity index (χ4n) is 2.67. The molecule has 0 spiro atoms. The molecular formula is C17H24BrN3. The second kappa shape index (κ2) is 6.65. The normalized spacial score (nSPS) is 12.7. The highest BCUT2D eigenvalue weighted by molar-refractivity contribution is 9.10. The van der Waals surface area contributed by atoms with Crippen LogP contribution in [0.4, 0.5) is 5.69 Å². The van der Waals surface area contributed by atoms with Gasteiger partial charge in [-0.05, 0) is 51.8 Å². The first kappa shape index (κ1) is 16.1. The largest absolute Gasteiger partial charge is 0.375 e. The summed E-state index contributed by atoms with van der Waals surface area (Å²) in [4.78, 5) is 0. The van der Waals surface area contributed by atoms with Gasteiger partial charge in [-0.25, -0.2) is 0 Å². The van der Waals surface area contributed by atoms with Gasteiger partial charge in [0.15, 0.2) is 0 Å². The molecule has 1 heterocycles. The molecule has 4 heteroatoms. The molecular weight excluding hydrogens is 326 g/mol. The van der Waals surface area contributed by atoms with Crippen LogP contribution in [0, 0.1) is 13.8 Å². The monoisotopic (exact) mass is 349 g/mol. The van der Waals surface area contributed by atoms with Crippen molar-refractivity contribution in [1.29, 1.82) is 0 Å². The summed E-state index contributed by atoms with van der Waals surface area (Å²) in [5, 5.41) is 8.33. The quantitative estimate of drug-likeness (QED) is 0.782. The van der Waals surface area contributed by atoms with Crippen LogP contribution in [0.5, 0.6) is 0 Å². The molecule has 114 valence electrons. The van der Waals surface area contributed by atoms with E-state index in [-0.39, 0.29) is 0 Å². The van der Waals surface area contributed by atoms with E-state index in [1.807, 2.05) is 0 Å². The third-order valence-electron chi connectivity index (χ3n) is 3.81. The van der Waals surface area contributed by atoms with E-state index >= 15 is 0 Å². The van der Waals surface area contributed by atoms with Gasteiger partial charge in [-0.3, -0.25) is 4.68 Å². The number of halogens is 1. The van der Waals surface area contributed by atoms with E-state index in [9.17, 15) is 0 Å². The molecule has 21 heavy (non-hydrogen) atoms. The van der Waals surface area contributed by atoms with Gasteiger partial charge in [0.05, 0.1) is 23.1 Å². The van der Waals surface area contributed by atoms with Crippen LogP contribution < -0.4 is 5.32 Å². The summed E-state index contributed by atoms with van der Waals surface area (Å²) in [6, 6.07) is 9.21. The Morgan fingerprint density at radius 1 is 1.19 bits per heavy atom. The van der Waals surface area contributed by atoms with Gasteiger partial charge in [-0.2, -0.15) is 5.10 Å². The van der Waals surface area contributed by atoms with Crippen LogP contribution >= 0.6 is 15.9 Å². The third-order valence-corrected chi connectivity index (χ3v) is 4.34. The van der Waals surface area contributed by atoms with E-state index in [1.165, 1.54) is 16.9 Å². The first-order valence-electron chi connectivity index (χ1n) is 7.51. The highest BCUT2D eigenvalue weighted by Crippen LogP contribution is 2.29. The lowest BCUT2D eigenvalue weighted by Crippen LogP contribution is -2.11. The van der Waals surface area contributed by atoms with Gasteiger partial charge in [0.1, 0.15) is 0 Å². The number of hydrogen-bond acceptors (Lipinski definition) is 2. The molecule has 0 fully saturated rings. The molecule has 0 amide bonds. The van der Waals surface area contributed by atoms with Gasteiger partial charge in [0.2, 0.25) is 0 Å². The van der Waals surface area contributed by atoms with Crippen molar-refractivity contribution in [2.45, 2.75) is 53.1 Å². The molecule has 1 atom stereocenters. The maximum Gasteiger partial charge on any atom is 0.0828 e. The number of benzene rings is 1. The lowest BCUT2D eigenvalue weighted by molar-refractivity contribution is 0.516. The van der Waals surface area contributed by atoms with Crippen LogP contribution in [0.2, 0.25) is 0 Å². The number of rotatable bonds is 5. The molecule has 0 aliphatic heterocycles. The Bertz CT molecular complexity index is 599. The van der Waals surface area contributed by atoms with E-state index in [0.717, 1.165) is 16.6 Å². The van der Waals surface area contributed by atoms with Gasteiger partial charge in [0, 0.05) is 10.5 Å². The summed E-state index contributed by atoms with van der Waals surface area (Å²) in [6.07, 6.45) is 1.04. The zero-order valence-electron chi connectivity index (χ0n) is 13.4. The van der Waals surface area contributed by atoms with Crippen LogP contribution in [0.3, 0.4) is 0 Å². The van der Waals surface area contributed by atoms with Crippen molar-refractivity contribution in [3.8, 4) is 0 Å². The minimum Gasteiger partial charge on any atom is -0.375 e. The average molecular weight is 350 g/mol. The minimum atomic E-state index is 0.306. The Labute approximate surface area is 135 Å². The van der Waals surface area contributed by atoms with Crippen molar-refractivity contribution in [3.05, 3.63) is 45.7 Å². The summed E-state index contributed by atoms with van der Waals surface area (Å²) < 4.78 is 3.20. The summed E-state index contributed by atoms with van der Waals surface area (Å²) in [5.74, 6) is 0. The van der Waals surface area contributed by atoms with Gasteiger partial charge in [0.25, 0.3) is 0 Å². The third kappa shape index (κ3) is 3.49. The number of aromatic nitrogens is 2. The van der Waals surface area contributed by atoms with Crippen molar-refractivity contribution >= 4 is 21.6 Å². The van der Waals surface area contributed by atoms with Crippen LogP contribution in [-0.4, -0.2) is 9.78 Å². The standard InChI is InChI=1S/C17H24BrN3/c1-6-16(14-7-9-15(18)10-8-14)19-17-12(4)20-21(11(2)3)13(17)5/h7-11,16,19H,6H2,1-5H3. The summed E-state index contributed by atoms with van der Waals surface area (Å²) in [5.41, 5.74) is 4.74. The molecule has 1 aromatic heterocycles. The zero-order chi connectivity index (χ0) is 15.6. The van der Waals surface area contributed by atoms with Crippen molar-refractivity contribution in [1.82, 2.24) is 9.78 Å². The number of nitrogens with zero attached hydrogens (tertiary/aromatic N) is 2. The van der Waals surface area contributed by atoms with E-state index in [1.54, 1.807) is 0 Å². The molecule has 1 aromatic carbocycles. The Balaban J connectivity index is 2.29. The molecule has 0 aliphatic carbocycles. The van der Waals surface area contributed by atoms with Crippen molar-refractivity contribution in [3.63, 3.8) is 0 Å². The Morgan fingerprint density at radius 2 is 1.81 bits per heavy atom. The fourth-order valence-corrected chi connectivity index (χ4v) is 2.93. The summed E-state index contributed by atoms with van der Waals surface area (Å²) in [6.45, 7) is 10.7. The van der Waals surface area contributed by atoms with E-state index < -0.39 is 0 Å². The number of hydrogen-bond donors (Lipinski definition) is 1. The molecule has 0 saturated carbocycles. The van der Waals surface area contributed by atoms with Crippen molar-refractivity contribution in [2.24, 2.45) is 0 Å². The zero-order valence-corrected chi connectivity index (χ0v) is 15.0. The Hall–Kier alpha value is -1.29. The highest BCUT2D eigenvalue weighted by Gasteiger charge is 2.17. The summed E-state index contributed by atoms with van der Waals surface area (Å²) >= 11 is 3.49. The number of aryl methyl sites for hydroxylation is 1. The first-order valence-corrected chi connectivity index (χ1v) is 8.31. The average Bonchev–Trinajstić information content (AvgIpc) is 2.73. The van der Waals surface area contributed by atoms with Crippen molar-refractivity contribution in [2.75, 3.05) is 5.32 Å². The molecule has 2 rings (SSSR count). The second-order valence-corrected chi connectivity index (χ2v) is 6.66. The van der Waals surface area contributed by atoms with E-state index in [4.69, 9.17) is 0 Å². The van der Waals surface area contributed by atoms with Gasteiger partial charge < -0.3 is 5.32 Å². The van der Waals surface area contributed by atoms with E-state index in [0.29, 0.717) is 12.1 Å². The predicted octanol–water partition coefficient (Wildman–Crippen LogP) is 5.41. The molecule has 2 aromatic rings. The van der Waals surface area contributed by atoms with Gasteiger partial charge in [-0.1, -0.05) is 35.0 Å². The topological polar surface area (TPSA) is 29.9 Å². The Kier molecular flexibility index (Phi) is 5.09. The predicted molar refractivity (Wildman–Crippen MR) is 92.9 cm³/mol. The molecule has 1 unspecified atom stereocenters. The lowest BCUT2D eigenvalue weighted by Gasteiger charge is -2.19. The van der Waals surface area contributed by atoms with Crippen LogP contribution in [0.15, 0.2) is 28.7 Å². The molecule has 3 nitrogen and oxygen atoms in total. The molecule has 1 N–H and O–H groups in total. The second-order valence-electron chi connectivity index (χ2n) is 5.74. The maximum atomic E-state index is 4.65. The first-order chi connectivity index (χ1) is 9.93.